The van der Waals surface area contributed by atoms with Crippen LogP contribution in [0.3, 0.4) is 0 Å². The minimum Gasteiger partial charge on any atom is -0.324 e. The van der Waals surface area contributed by atoms with Gasteiger partial charge in [-0.3, -0.25) is 23.7 Å². The minimum atomic E-state index is -4.83. The van der Waals surface area contributed by atoms with Crippen molar-refractivity contribution in [2.45, 2.75) is 28.9 Å². The van der Waals surface area contributed by atoms with Crippen molar-refractivity contribution in [2.75, 3.05) is 10.2 Å². The van der Waals surface area contributed by atoms with Crippen molar-refractivity contribution in [1.82, 2.24) is 4.57 Å². The number of rotatable bonds is 5. The summed E-state index contributed by atoms with van der Waals surface area (Å²) in [5, 5.41) is 2.65. The van der Waals surface area contributed by atoms with Gasteiger partial charge in [0.15, 0.2) is 0 Å². The first-order chi connectivity index (χ1) is 20.8. The average molecular weight is 699 g/mol. The van der Waals surface area contributed by atoms with Crippen molar-refractivity contribution < 1.29 is 27.6 Å². The summed E-state index contributed by atoms with van der Waals surface area (Å²) < 4.78 is 43.0. The van der Waals surface area contributed by atoms with Gasteiger partial charge in [-0.2, -0.15) is 13.2 Å². The number of imide groups is 1. The quantitative estimate of drug-likeness (QED) is 0.221. The third-order valence-corrected chi connectivity index (χ3v) is 10.8. The number of alkyl halides is 3. The second-order valence-corrected chi connectivity index (χ2v) is 13.3. The predicted molar refractivity (Wildman–Crippen MR) is 164 cm³/mol. The third kappa shape index (κ3) is 5.43. The first-order valence-electron chi connectivity index (χ1n) is 12.8. The van der Waals surface area contributed by atoms with E-state index in [0.717, 1.165) is 35.2 Å². The molecule has 226 valence electrons. The van der Waals surface area contributed by atoms with Crippen LogP contribution in [0.5, 0.6) is 0 Å². The number of para-hydroxylation sites is 1. The molecule has 0 aliphatic carbocycles. The maximum absolute atomic E-state index is 13.9. The van der Waals surface area contributed by atoms with Gasteiger partial charge in [0.05, 0.1) is 32.2 Å². The summed E-state index contributed by atoms with van der Waals surface area (Å²) >= 11 is 19.8. The molecule has 0 radical (unpaired) electrons. The molecular formula is C29H17Cl3F3N3O4S2. The fraction of sp³-hybridized carbons (Fsp3) is 0.172. The highest BCUT2D eigenvalue weighted by atomic mass is 35.5. The van der Waals surface area contributed by atoms with Gasteiger partial charge in [0, 0.05) is 21.5 Å². The van der Waals surface area contributed by atoms with Crippen molar-refractivity contribution in [3.8, 4) is 0 Å². The summed E-state index contributed by atoms with van der Waals surface area (Å²) in [6.07, 6.45) is -4.83. The van der Waals surface area contributed by atoms with Gasteiger partial charge in [-0.25, -0.2) is 4.90 Å². The van der Waals surface area contributed by atoms with Crippen LogP contribution in [0, 0.1) is 5.92 Å². The lowest BCUT2D eigenvalue weighted by atomic mass is 9.83. The van der Waals surface area contributed by atoms with Crippen LogP contribution < -0.4 is 15.1 Å². The van der Waals surface area contributed by atoms with E-state index in [9.17, 15) is 32.3 Å². The second-order valence-electron chi connectivity index (χ2n) is 9.92. The summed E-state index contributed by atoms with van der Waals surface area (Å²) in [6, 6.07) is 15.3. The highest BCUT2D eigenvalue weighted by Crippen LogP contribution is 2.54. The molecule has 6 rings (SSSR count). The summed E-state index contributed by atoms with van der Waals surface area (Å²) in [5.41, 5.74) is -0.823. The number of benzene rings is 3. The Morgan fingerprint density at radius 3 is 2.30 bits per heavy atom. The molecule has 0 spiro atoms. The van der Waals surface area contributed by atoms with Crippen LogP contribution in [0.25, 0.3) is 0 Å². The molecule has 44 heavy (non-hydrogen) atoms. The summed E-state index contributed by atoms with van der Waals surface area (Å²) in [7, 11) is 0. The number of thiazole rings is 1. The first-order valence-corrected chi connectivity index (χ1v) is 15.6. The molecule has 3 atom stereocenters. The Morgan fingerprint density at radius 1 is 0.909 bits per heavy atom. The monoisotopic (exact) mass is 697 g/mol. The van der Waals surface area contributed by atoms with E-state index >= 15 is 0 Å². The SMILES string of the molecule is O=C(Cn1c2c(sc1=O)C(c1ccc(Cl)cc1)C1C(=O)N(c3ccccc3C(F)(F)F)C(=O)C1S2)Nc1ccc(Cl)c(Cl)c1. The molecule has 3 heterocycles. The molecular weight excluding hydrogens is 682 g/mol. The Balaban J connectivity index is 1.42. The van der Waals surface area contributed by atoms with Crippen molar-refractivity contribution in [1.29, 1.82) is 0 Å². The highest BCUT2D eigenvalue weighted by Gasteiger charge is 2.57. The number of hydrogen-bond donors (Lipinski definition) is 1. The third-order valence-electron chi connectivity index (χ3n) is 7.23. The largest absolute Gasteiger partial charge is 0.418 e. The number of aromatic nitrogens is 1. The molecule has 3 unspecified atom stereocenters. The van der Waals surface area contributed by atoms with Crippen LogP contribution in [-0.4, -0.2) is 27.5 Å². The van der Waals surface area contributed by atoms with E-state index in [1.807, 2.05) is 0 Å². The van der Waals surface area contributed by atoms with E-state index in [4.69, 9.17) is 34.8 Å². The Kier molecular flexibility index (Phi) is 8.08. The molecule has 7 nitrogen and oxygen atoms in total. The van der Waals surface area contributed by atoms with Gasteiger partial charge in [-0.05, 0) is 48.0 Å². The molecule has 1 N–H and O–H groups in total. The second kappa shape index (κ2) is 11.6. The minimum absolute atomic E-state index is 0.211. The van der Waals surface area contributed by atoms with Gasteiger partial charge in [0.1, 0.15) is 11.8 Å². The lowest BCUT2D eigenvalue weighted by Crippen LogP contribution is -2.33. The molecule has 4 aromatic rings. The zero-order valence-electron chi connectivity index (χ0n) is 21.9. The number of amides is 3. The van der Waals surface area contributed by atoms with E-state index in [0.29, 0.717) is 26.1 Å². The Labute approximate surface area is 270 Å². The fourth-order valence-corrected chi connectivity index (χ4v) is 8.55. The molecule has 0 bridgehead atoms. The van der Waals surface area contributed by atoms with Gasteiger partial charge in [-0.15, -0.1) is 0 Å². The number of thioether (sulfide) groups is 1. The van der Waals surface area contributed by atoms with Gasteiger partial charge in [-0.1, -0.05) is 82.2 Å². The van der Waals surface area contributed by atoms with Crippen LogP contribution >= 0.6 is 57.9 Å². The van der Waals surface area contributed by atoms with E-state index in [-0.39, 0.29) is 15.1 Å². The summed E-state index contributed by atoms with van der Waals surface area (Å²) in [4.78, 5) is 54.5. The number of carbonyl (C=O) groups excluding carboxylic acids is 3. The van der Waals surface area contributed by atoms with E-state index in [1.54, 1.807) is 24.3 Å². The molecule has 3 aromatic carbocycles. The van der Waals surface area contributed by atoms with Crippen LogP contribution in [0.15, 0.2) is 76.6 Å². The number of carbonyl (C=O) groups is 3. The average Bonchev–Trinajstić information content (AvgIpc) is 3.41. The number of hydrogen-bond acceptors (Lipinski definition) is 6. The normalized spacial score (nSPS) is 19.6. The molecule has 0 saturated carbocycles. The van der Waals surface area contributed by atoms with Crippen LogP contribution in [0.1, 0.15) is 21.9 Å². The van der Waals surface area contributed by atoms with Crippen molar-refractivity contribution in [3.63, 3.8) is 0 Å². The Bertz CT molecular complexity index is 1900. The molecule has 1 fully saturated rings. The maximum Gasteiger partial charge on any atom is 0.418 e. The molecule has 2 aliphatic rings. The van der Waals surface area contributed by atoms with E-state index in [1.165, 1.54) is 34.9 Å². The van der Waals surface area contributed by atoms with E-state index < -0.39 is 63.7 Å². The zero-order chi connectivity index (χ0) is 31.5. The first kappa shape index (κ1) is 30.7. The number of halogens is 6. The lowest BCUT2D eigenvalue weighted by molar-refractivity contribution is -0.137. The molecule has 1 aromatic heterocycles. The Hall–Kier alpha value is -3.29. The number of nitrogens with zero attached hydrogens (tertiary/aromatic N) is 2. The van der Waals surface area contributed by atoms with Gasteiger partial charge in [0.2, 0.25) is 17.7 Å². The zero-order valence-corrected chi connectivity index (χ0v) is 25.8. The van der Waals surface area contributed by atoms with Crippen molar-refractivity contribution >= 4 is 87.0 Å². The van der Waals surface area contributed by atoms with Crippen molar-refractivity contribution in [3.05, 3.63) is 107 Å². The van der Waals surface area contributed by atoms with Crippen molar-refractivity contribution in [2.24, 2.45) is 5.92 Å². The smallest absolute Gasteiger partial charge is 0.324 e. The van der Waals surface area contributed by atoms with Crippen LogP contribution in [0.4, 0.5) is 24.5 Å². The Morgan fingerprint density at radius 2 is 1.61 bits per heavy atom. The number of anilines is 2. The lowest BCUT2D eigenvalue weighted by Gasteiger charge is -2.30. The van der Waals surface area contributed by atoms with Crippen LogP contribution in [-0.2, 0) is 27.1 Å². The van der Waals surface area contributed by atoms with Crippen LogP contribution in [0.2, 0.25) is 15.1 Å². The maximum atomic E-state index is 13.9. The summed E-state index contributed by atoms with van der Waals surface area (Å²) in [5.74, 6) is -4.24. The van der Waals surface area contributed by atoms with Gasteiger partial charge >= 0.3 is 11.0 Å². The summed E-state index contributed by atoms with van der Waals surface area (Å²) in [6.45, 7) is -0.439. The standard InChI is InChI=1S/C29H17Cl3F3N3O4S2/c30-14-7-5-13(6-8-14)21-22-23(26(41)38(25(22)40)19-4-2-1-3-16(19)29(33,34)35)43-27-24(21)44-28(42)37(27)12-20(39)36-15-9-10-17(31)18(32)11-15/h1-11,21-23H,12H2,(H,36,39). The molecule has 15 heteroatoms. The van der Waals surface area contributed by atoms with E-state index in [2.05, 4.69) is 5.32 Å². The van der Waals surface area contributed by atoms with Gasteiger partial charge < -0.3 is 5.32 Å². The predicted octanol–water partition coefficient (Wildman–Crippen LogP) is 7.32. The topological polar surface area (TPSA) is 88.5 Å². The number of nitrogens with one attached hydrogen (secondary N) is 1. The number of fused-ring (bicyclic) bond motifs is 2. The molecule has 2 aliphatic heterocycles. The van der Waals surface area contributed by atoms with Gasteiger partial charge in [0.25, 0.3) is 0 Å². The fourth-order valence-electron chi connectivity index (χ4n) is 5.35. The molecule has 1 saturated heterocycles. The molecule has 3 amide bonds. The highest BCUT2D eigenvalue weighted by molar-refractivity contribution is 8.00.